The Morgan fingerprint density at radius 2 is 1.88 bits per heavy atom. The molecule has 1 aromatic carbocycles. The lowest BCUT2D eigenvalue weighted by Gasteiger charge is -2.50. The Labute approximate surface area is 233 Å². The minimum Gasteiger partial charge on any atom is -0.398 e. The first kappa shape index (κ1) is 28.4. The van der Waals surface area contributed by atoms with Gasteiger partial charge in [-0.25, -0.2) is 0 Å². The first-order valence-electron chi connectivity index (χ1n) is 14.0. The highest BCUT2D eigenvalue weighted by Crippen LogP contribution is 2.68. The van der Waals surface area contributed by atoms with E-state index >= 15 is 0 Å². The van der Waals surface area contributed by atoms with Crippen molar-refractivity contribution in [2.75, 3.05) is 5.73 Å². The summed E-state index contributed by atoms with van der Waals surface area (Å²) in [6, 6.07) is 6.63. The molecule has 214 valence electrons. The van der Waals surface area contributed by atoms with Gasteiger partial charge in [-0.15, -0.1) is 0 Å². The van der Waals surface area contributed by atoms with E-state index in [4.69, 9.17) is 10.5 Å². The van der Waals surface area contributed by atoms with Crippen LogP contribution in [0.2, 0.25) is 0 Å². The molecule has 1 spiro atoms. The van der Waals surface area contributed by atoms with E-state index in [-0.39, 0.29) is 36.5 Å². The molecule has 5 rings (SSSR count). The number of aliphatic hydroxyl groups is 2. The molecule has 40 heavy (non-hydrogen) atoms. The van der Waals surface area contributed by atoms with Crippen LogP contribution in [0.15, 0.2) is 48.1 Å². The topological polar surface area (TPSA) is 156 Å². The lowest BCUT2D eigenvalue weighted by Crippen LogP contribution is -2.64. The summed E-state index contributed by atoms with van der Waals surface area (Å²) in [6.45, 7) is 7.16. The number of allylic oxidation sites excluding steroid dienone is 2. The quantitative estimate of drug-likeness (QED) is 0.194. The smallest absolute Gasteiger partial charge is 0.237 e. The fraction of sp³-hybridized carbons (Fsp3) is 0.548. The van der Waals surface area contributed by atoms with Crippen molar-refractivity contribution < 1.29 is 34.1 Å². The number of nitrogen functional groups attached to an aromatic ring is 1. The largest absolute Gasteiger partial charge is 0.398 e. The van der Waals surface area contributed by atoms with Gasteiger partial charge in [0.05, 0.1) is 18.1 Å². The summed E-state index contributed by atoms with van der Waals surface area (Å²) in [4.78, 5) is 54.7. The summed E-state index contributed by atoms with van der Waals surface area (Å²) in [5, 5.41) is 25.4. The molecule has 0 radical (unpaired) electrons. The number of amides is 1. The van der Waals surface area contributed by atoms with Gasteiger partial charge in [0.1, 0.15) is 17.3 Å². The number of ether oxygens (including phenoxy) is 1. The van der Waals surface area contributed by atoms with Crippen molar-refractivity contribution in [2.24, 2.45) is 29.1 Å². The number of carbonyl (C=O) groups excluding carboxylic acids is 4. The maximum atomic E-state index is 14.3. The number of anilines is 1. The average molecular weight is 551 g/mol. The van der Waals surface area contributed by atoms with Crippen molar-refractivity contribution in [3.8, 4) is 0 Å². The summed E-state index contributed by atoms with van der Waals surface area (Å²) in [6.07, 6.45) is 2.53. The van der Waals surface area contributed by atoms with Crippen molar-refractivity contribution in [1.82, 2.24) is 5.32 Å². The van der Waals surface area contributed by atoms with Crippen LogP contribution in [0.1, 0.15) is 63.7 Å². The van der Waals surface area contributed by atoms with E-state index in [1.807, 2.05) is 19.9 Å². The van der Waals surface area contributed by atoms with E-state index in [1.165, 1.54) is 0 Å². The number of para-hydroxylation sites is 1. The van der Waals surface area contributed by atoms with Gasteiger partial charge in [-0.3, -0.25) is 19.2 Å². The zero-order chi connectivity index (χ0) is 29.2. The molecule has 1 aromatic rings. The summed E-state index contributed by atoms with van der Waals surface area (Å²) in [5.41, 5.74) is 2.61. The Kier molecular flexibility index (Phi) is 6.92. The molecule has 1 amide bonds. The first-order chi connectivity index (χ1) is 18.8. The number of nitrogens with two attached hydrogens (primary N) is 1. The molecule has 9 heteroatoms. The molecule has 9 atom stereocenters. The molecule has 0 unspecified atom stereocenters. The van der Waals surface area contributed by atoms with Crippen LogP contribution in [0, 0.1) is 29.1 Å². The zero-order valence-electron chi connectivity index (χ0n) is 23.3. The number of benzene rings is 1. The van der Waals surface area contributed by atoms with Gasteiger partial charge in [0.25, 0.3) is 0 Å². The third kappa shape index (κ3) is 3.93. The Balaban J connectivity index is 1.63. The van der Waals surface area contributed by atoms with E-state index in [1.54, 1.807) is 50.3 Å². The fourth-order valence-corrected chi connectivity index (χ4v) is 7.78. The Bertz CT molecular complexity index is 1340. The van der Waals surface area contributed by atoms with Gasteiger partial charge in [-0.05, 0) is 56.2 Å². The molecule has 2 aliphatic heterocycles. The standard InChI is InChI=1S/C31H38N2O7/c1-16-8-7-10-20-27(38)29(4)18(3)26-30(40-29,15-23(35)19-9-5-6-11-21(19)32)33-28(39)31(20,26)24(36)13-12-22(34)25(37)17(2)14-16/h5-7,9-11,14,16,18,20,22,26-27,34,38H,8,12-13,15,32H2,1-4H3,(H,33,39)/b10-7-,17-14-/t16-,18-,20-,22-,26-,27-,29-,30+,31+/m0/s1. The fourth-order valence-electron chi connectivity index (χ4n) is 7.78. The molecule has 2 heterocycles. The minimum absolute atomic E-state index is 0.0616. The van der Waals surface area contributed by atoms with Crippen molar-refractivity contribution in [2.45, 2.75) is 76.9 Å². The lowest BCUT2D eigenvalue weighted by atomic mass is 9.50. The minimum atomic E-state index is -1.75. The molecular weight excluding hydrogens is 512 g/mol. The third-order valence-electron chi connectivity index (χ3n) is 9.82. The van der Waals surface area contributed by atoms with Crippen LogP contribution in [0.5, 0.6) is 0 Å². The van der Waals surface area contributed by atoms with Crippen molar-refractivity contribution in [3.05, 3.63) is 53.6 Å². The molecule has 9 nitrogen and oxygen atoms in total. The number of nitrogens with one attached hydrogen (secondary N) is 1. The van der Waals surface area contributed by atoms with Crippen LogP contribution in [0.3, 0.4) is 0 Å². The van der Waals surface area contributed by atoms with E-state index in [2.05, 4.69) is 5.32 Å². The number of rotatable bonds is 3. The molecule has 2 saturated heterocycles. The van der Waals surface area contributed by atoms with Crippen LogP contribution in [0.25, 0.3) is 0 Å². The van der Waals surface area contributed by atoms with E-state index in [9.17, 15) is 29.4 Å². The summed E-state index contributed by atoms with van der Waals surface area (Å²) in [5.74, 6) is -4.18. The Morgan fingerprint density at radius 3 is 2.58 bits per heavy atom. The van der Waals surface area contributed by atoms with Gasteiger partial charge in [0.2, 0.25) is 5.91 Å². The maximum Gasteiger partial charge on any atom is 0.237 e. The highest BCUT2D eigenvalue weighted by atomic mass is 16.6. The number of fused-ring (bicyclic) bond motifs is 1. The normalized spacial score (nSPS) is 43.5. The molecule has 0 aromatic heterocycles. The number of hydrogen-bond acceptors (Lipinski definition) is 8. The van der Waals surface area contributed by atoms with Gasteiger partial charge >= 0.3 is 0 Å². The van der Waals surface area contributed by atoms with E-state index < -0.39 is 64.2 Å². The predicted octanol–water partition coefficient (Wildman–Crippen LogP) is 2.51. The van der Waals surface area contributed by atoms with Crippen molar-refractivity contribution >= 4 is 28.9 Å². The van der Waals surface area contributed by atoms with Crippen LogP contribution in [0.4, 0.5) is 5.69 Å². The second-order valence-electron chi connectivity index (χ2n) is 12.3. The summed E-state index contributed by atoms with van der Waals surface area (Å²) < 4.78 is 6.56. The van der Waals surface area contributed by atoms with Gasteiger partial charge in [0.15, 0.2) is 17.3 Å². The monoisotopic (exact) mass is 550 g/mol. The number of aliphatic hydroxyl groups excluding tert-OH is 2. The van der Waals surface area contributed by atoms with Crippen LogP contribution < -0.4 is 11.1 Å². The van der Waals surface area contributed by atoms with Gasteiger partial charge < -0.3 is 26.0 Å². The van der Waals surface area contributed by atoms with Crippen LogP contribution >= 0.6 is 0 Å². The van der Waals surface area contributed by atoms with E-state index in [0.717, 1.165) is 0 Å². The van der Waals surface area contributed by atoms with Crippen molar-refractivity contribution in [1.29, 1.82) is 0 Å². The number of ketones is 3. The average Bonchev–Trinajstić information content (AvgIpc) is 3.24. The van der Waals surface area contributed by atoms with Gasteiger partial charge in [-0.2, -0.15) is 0 Å². The molecule has 1 saturated carbocycles. The predicted molar refractivity (Wildman–Crippen MR) is 147 cm³/mol. The highest BCUT2D eigenvalue weighted by molar-refractivity contribution is 6.11. The van der Waals surface area contributed by atoms with Crippen LogP contribution in [-0.4, -0.2) is 57.0 Å². The number of Topliss-reactive ketones (excluding diaryl/α,β-unsaturated/α-hetero) is 3. The van der Waals surface area contributed by atoms with Crippen molar-refractivity contribution in [3.63, 3.8) is 0 Å². The Morgan fingerprint density at radius 1 is 1.18 bits per heavy atom. The van der Waals surface area contributed by atoms with Gasteiger partial charge in [-0.1, -0.05) is 44.2 Å². The van der Waals surface area contributed by atoms with Crippen LogP contribution in [-0.2, 0) is 19.1 Å². The number of hydrogen-bond donors (Lipinski definition) is 4. The van der Waals surface area contributed by atoms with E-state index in [0.29, 0.717) is 17.7 Å². The number of carbonyl (C=O) groups is 4. The molecular formula is C31H38N2O7. The lowest BCUT2D eigenvalue weighted by molar-refractivity contribution is -0.191. The molecule has 5 N–H and O–H groups in total. The third-order valence-corrected chi connectivity index (χ3v) is 9.82. The maximum absolute atomic E-state index is 14.3. The highest BCUT2D eigenvalue weighted by Gasteiger charge is 2.82. The zero-order valence-corrected chi connectivity index (χ0v) is 23.3. The Hall–Kier alpha value is -3.14. The second kappa shape index (κ2) is 9.75. The summed E-state index contributed by atoms with van der Waals surface area (Å²) >= 11 is 0. The molecule has 2 bridgehead atoms. The first-order valence-corrected chi connectivity index (χ1v) is 14.0. The molecule has 4 aliphatic rings. The van der Waals surface area contributed by atoms with Gasteiger partial charge in [0, 0.05) is 29.5 Å². The molecule has 3 fully saturated rings. The second-order valence-corrected chi connectivity index (χ2v) is 12.3. The SMILES string of the molecule is C/C1=C/[C@@H](C)C/C=C\[C@H]2[C@H](O)[C@@]3(C)O[C@@]4(CC(=O)c5ccccc5N)NC(=O)[C@]2(C(=O)CC[C@H](O)C1=O)[C@H]4[C@@H]3C. The summed E-state index contributed by atoms with van der Waals surface area (Å²) in [7, 11) is 0. The molecule has 2 aliphatic carbocycles.